The largest absolute Gasteiger partial charge is 0.496 e. The predicted molar refractivity (Wildman–Crippen MR) is 113 cm³/mol. The fourth-order valence-electron chi connectivity index (χ4n) is 3.77. The number of aromatic nitrogens is 2. The molecule has 0 radical (unpaired) electrons. The van der Waals surface area contributed by atoms with Crippen molar-refractivity contribution in [1.82, 2.24) is 19.8 Å². The lowest BCUT2D eigenvalue weighted by molar-refractivity contribution is -0.131. The van der Waals surface area contributed by atoms with Crippen molar-refractivity contribution in [1.29, 1.82) is 0 Å². The molecule has 3 heterocycles. The number of hydrogen-bond donors (Lipinski definition) is 2. The van der Waals surface area contributed by atoms with Gasteiger partial charge >= 0.3 is 6.09 Å². The van der Waals surface area contributed by atoms with E-state index in [9.17, 15) is 19.1 Å². The summed E-state index contributed by atoms with van der Waals surface area (Å²) in [6.07, 6.45) is 2.07. The molecule has 2 N–H and O–H groups in total. The minimum atomic E-state index is -1.18. The van der Waals surface area contributed by atoms with Crippen LogP contribution in [-0.2, 0) is 4.79 Å². The van der Waals surface area contributed by atoms with Crippen LogP contribution in [-0.4, -0.2) is 70.7 Å². The van der Waals surface area contributed by atoms with E-state index >= 15 is 0 Å². The Bertz CT molecular complexity index is 1220. The minimum Gasteiger partial charge on any atom is -0.496 e. The van der Waals surface area contributed by atoms with Gasteiger partial charge in [0.15, 0.2) is 0 Å². The molecule has 31 heavy (non-hydrogen) atoms. The lowest BCUT2D eigenvalue weighted by atomic mass is 10.0. The number of nitrogens with one attached hydrogen (secondary N) is 1. The van der Waals surface area contributed by atoms with Crippen molar-refractivity contribution in [3.63, 3.8) is 0 Å². The van der Waals surface area contributed by atoms with E-state index in [2.05, 4.69) is 9.97 Å². The van der Waals surface area contributed by atoms with Crippen molar-refractivity contribution >= 4 is 28.6 Å². The summed E-state index contributed by atoms with van der Waals surface area (Å²) in [5, 5.41) is 10.3. The number of hydrogen-bond acceptors (Lipinski definition) is 4. The van der Waals surface area contributed by atoms with E-state index in [1.165, 1.54) is 24.1 Å². The van der Waals surface area contributed by atoms with Gasteiger partial charge in [-0.1, -0.05) is 0 Å². The zero-order valence-corrected chi connectivity index (χ0v) is 17.2. The van der Waals surface area contributed by atoms with E-state index < -0.39 is 18.0 Å². The van der Waals surface area contributed by atoms with Crippen molar-refractivity contribution < 1.29 is 23.8 Å². The summed E-state index contributed by atoms with van der Waals surface area (Å²) < 4.78 is 19.3. The molecular weight excluding hydrogens is 403 g/mol. The number of benzene rings is 1. The Kier molecular flexibility index (Phi) is 5.10. The molecule has 0 aliphatic carbocycles. The number of H-pyrrole nitrogens is 1. The molecule has 9 heteroatoms. The van der Waals surface area contributed by atoms with Gasteiger partial charge in [0.1, 0.15) is 23.3 Å². The number of fused-ring (bicyclic) bond motifs is 1. The Labute approximate surface area is 177 Å². The van der Waals surface area contributed by atoms with Crippen LogP contribution in [0.2, 0.25) is 0 Å². The second kappa shape index (κ2) is 7.75. The number of likely N-dealkylation sites (N-methyl/N-ethyl adjacent to an activating group) is 1. The highest BCUT2D eigenvalue weighted by Gasteiger charge is 2.35. The van der Waals surface area contributed by atoms with Gasteiger partial charge in [0.05, 0.1) is 13.7 Å². The summed E-state index contributed by atoms with van der Waals surface area (Å²) in [5.74, 6) is -0.195. The van der Waals surface area contributed by atoms with Crippen LogP contribution in [0.1, 0.15) is 5.69 Å². The molecule has 0 fully saturated rings. The number of amides is 2. The average molecular weight is 424 g/mol. The van der Waals surface area contributed by atoms with E-state index in [0.717, 1.165) is 15.8 Å². The molecule has 160 valence electrons. The Balaban J connectivity index is 1.80. The first-order valence-corrected chi connectivity index (χ1v) is 9.53. The number of methoxy groups -OCH3 is 1. The Hall–Kier alpha value is -3.88. The third-order valence-corrected chi connectivity index (χ3v) is 5.30. The van der Waals surface area contributed by atoms with Gasteiger partial charge in [0, 0.05) is 36.9 Å². The monoisotopic (exact) mass is 424 g/mol. The third-order valence-electron chi connectivity index (χ3n) is 5.30. The van der Waals surface area contributed by atoms with E-state index in [1.54, 1.807) is 38.5 Å². The van der Waals surface area contributed by atoms with Gasteiger partial charge in [-0.3, -0.25) is 9.69 Å². The van der Waals surface area contributed by atoms with E-state index in [4.69, 9.17) is 4.74 Å². The van der Waals surface area contributed by atoms with Crippen LogP contribution in [0.15, 0.2) is 42.6 Å². The van der Waals surface area contributed by atoms with Crippen LogP contribution in [0.3, 0.4) is 0 Å². The molecule has 1 atom stereocenters. The summed E-state index contributed by atoms with van der Waals surface area (Å²) in [7, 11) is 4.68. The molecule has 0 saturated carbocycles. The fraction of sp³-hybridized carbons (Fsp3) is 0.227. The first-order chi connectivity index (χ1) is 14.8. The summed E-state index contributed by atoms with van der Waals surface area (Å²) in [4.78, 5) is 34.1. The SMILES string of the molecule is COc1ccc(F)cc1-c1ccnc2[nH]c(C3=CC(C(=O)N(C)C)N(C(=O)O)C3)cc12. The molecule has 2 amide bonds. The van der Waals surface area contributed by atoms with Crippen LogP contribution in [0.4, 0.5) is 9.18 Å². The number of carbonyl (C=O) groups is 2. The molecule has 1 aliphatic rings. The summed E-state index contributed by atoms with van der Waals surface area (Å²) in [5.41, 5.74) is 3.17. The van der Waals surface area contributed by atoms with Gasteiger partial charge in [0.25, 0.3) is 0 Å². The summed E-state index contributed by atoms with van der Waals surface area (Å²) in [6, 6.07) is 6.98. The number of rotatable bonds is 4. The number of pyridine rings is 1. The fourth-order valence-corrected chi connectivity index (χ4v) is 3.77. The van der Waals surface area contributed by atoms with Crippen LogP contribution >= 0.6 is 0 Å². The zero-order chi connectivity index (χ0) is 22.3. The highest BCUT2D eigenvalue weighted by atomic mass is 19.1. The number of carbonyl (C=O) groups excluding carboxylic acids is 1. The van der Waals surface area contributed by atoms with Crippen LogP contribution in [0, 0.1) is 5.82 Å². The number of aromatic amines is 1. The molecule has 2 aromatic heterocycles. The molecular formula is C22H21FN4O4. The van der Waals surface area contributed by atoms with Gasteiger partial charge in [0.2, 0.25) is 5.91 Å². The Morgan fingerprint density at radius 2 is 2.03 bits per heavy atom. The second-order valence-corrected chi connectivity index (χ2v) is 7.43. The molecule has 1 unspecified atom stereocenters. The molecule has 0 spiro atoms. The standard InChI is InChI=1S/C22H21FN4O4/c1-26(2)21(28)18-8-12(11-27(18)22(29)30)17-10-16-14(6-7-24-20(16)25-17)15-9-13(23)4-5-19(15)31-3/h4-10,18H,11H2,1-3H3,(H,24,25)(H,29,30). The average Bonchev–Trinajstić information content (AvgIpc) is 3.37. The minimum absolute atomic E-state index is 0.0605. The normalized spacial score (nSPS) is 15.8. The van der Waals surface area contributed by atoms with Crippen molar-refractivity contribution in [2.24, 2.45) is 0 Å². The number of ether oxygens (including phenoxy) is 1. The first-order valence-electron chi connectivity index (χ1n) is 9.53. The summed E-state index contributed by atoms with van der Waals surface area (Å²) >= 11 is 0. The highest BCUT2D eigenvalue weighted by Crippen LogP contribution is 2.36. The van der Waals surface area contributed by atoms with Crippen molar-refractivity contribution in [3.05, 3.63) is 54.1 Å². The smallest absolute Gasteiger partial charge is 0.408 e. The molecule has 1 aromatic carbocycles. The van der Waals surface area contributed by atoms with Crippen LogP contribution < -0.4 is 4.74 Å². The molecule has 0 saturated heterocycles. The quantitative estimate of drug-likeness (QED) is 0.670. The summed E-state index contributed by atoms with van der Waals surface area (Å²) in [6.45, 7) is 0.0605. The maximum Gasteiger partial charge on any atom is 0.408 e. The number of nitrogens with zero attached hydrogens (tertiary/aromatic N) is 3. The van der Waals surface area contributed by atoms with Gasteiger partial charge < -0.3 is 19.7 Å². The Morgan fingerprint density at radius 1 is 1.26 bits per heavy atom. The van der Waals surface area contributed by atoms with Gasteiger partial charge in [-0.15, -0.1) is 0 Å². The maximum absolute atomic E-state index is 13.9. The number of carboxylic acid groups (broad SMARTS) is 1. The van der Waals surface area contributed by atoms with Crippen molar-refractivity contribution in [2.45, 2.75) is 6.04 Å². The molecule has 1 aliphatic heterocycles. The van der Waals surface area contributed by atoms with Gasteiger partial charge in [-0.2, -0.15) is 0 Å². The molecule has 4 rings (SSSR count). The molecule has 0 bridgehead atoms. The topological polar surface area (TPSA) is 98.8 Å². The molecule has 3 aromatic rings. The predicted octanol–water partition coefficient (Wildman–Crippen LogP) is 3.21. The van der Waals surface area contributed by atoms with Crippen LogP contribution in [0.25, 0.3) is 27.7 Å². The lowest BCUT2D eigenvalue weighted by Crippen LogP contribution is -2.45. The van der Waals surface area contributed by atoms with Crippen molar-refractivity contribution in [2.75, 3.05) is 27.7 Å². The second-order valence-electron chi connectivity index (χ2n) is 7.43. The van der Waals surface area contributed by atoms with E-state index in [-0.39, 0.29) is 12.5 Å². The first kappa shape index (κ1) is 20.4. The number of halogens is 1. The van der Waals surface area contributed by atoms with E-state index in [0.29, 0.717) is 28.2 Å². The van der Waals surface area contributed by atoms with Crippen LogP contribution in [0.5, 0.6) is 5.75 Å². The van der Waals surface area contributed by atoms with Gasteiger partial charge in [-0.05, 0) is 47.5 Å². The molecule has 8 nitrogen and oxygen atoms in total. The van der Waals surface area contributed by atoms with E-state index in [1.807, 2.05) is 6.07 Å². The highest BCUT2D eigenvalue weighted by molar-refractivity contribution is 5.98. The Morgan fingerprint density at radius 3 is 2.71 bits per heavy atom. The zero-order valence-electron chi connectivity index (χ0n) is 17.2. The maximum atomic E-state index is 13.9. The lowest BCUT2D eigenvalue weighted by Gasteiger charge is -2.23. The third kappa shape index (κ3) is 3.58. The van der Waals surface area contributed by atoms with Gasteiger partial charge in [-0.25, -0.2) is 14.2 Å². The van der Waals surface area contributed by atoms with Crippen molar-refractivity contribution in [3.8, 4) is 16.9 Å².